The maximum atomic E-state index is 14.0. The van der Waals surface area contributed by atoms with Gasteiger partial charge in [0.1, 0.15) is 0 Å². The van der Waals surface area contributed by atoms with Gasteiger partial charge in [0.15, 0.2) is 11.6 Å². The first-order chi connectivity index (χ1) is 18.7. The van der Waals surface area contributed by atoms with Gasteiger partial charge in [-0.2, -0.15) is 4.90 Å². The van der Waals surface area contributed by atoms with Crippen LogP contribution in [0.3, 0.4) is 0 Å². The molecule has 9 nitrogen and oxygen atoms in total. The minimum atomic E-state index is -1.15. The normalized spacial score (nSPS) is 25.1. The second-order valence-electron chi connectivity index (χ2n) is 10.1. The molecule has 0 spiro atoms. The predicted molar refractivity (Wildman–Crippen MR) is 139 cm³/mol. The van der Waals surface area contributed by atoms with Crippen LogP contribution in [-0.2, 0) is 19.0 Å². The highest BCUT2D eigenvalue weighted by Gasteiger charge is 2.58. The van der Waals surface area contributed by atoms with E-state index in [0.717, 1.165) is 23.8 Å². The number of ether oxygens (including phenoxy) is 1. The average Bonchev–Trinajstić information content (AvgIpc) is 3.17. The fourth-order valence-corrected chi connectivity index (χ4v) is 6.12. The molecule has 2 aliphatic heterocycles. The van der Waals surface area contributed by atoms with Gasteiger partial charge in [0.25, 0.3) is 0 Å². The van der Waals surface area contributed by atoms with E-state index in [0.29, 0.717) is 35.4 Å². The van der Waals surface area contributed by atoms with Crippen LogP contribution in [0.4, 0.5) is 9.18 Å². The number of halogens is 1. The standard InChI is InChI=1S/C28H28BFN2O7/c1-15-11-18-25(27(35)32(26(18)34)28(36)38-2)19-14-29(37)39-23(24(15)19)9-7-17(21-5-3-4-10-31-21)12-16-6-8-22(33)20(30)13-16/h3-6,8,10,12-13,18-19,23,25,33,37H,7,9,11,14H2,1-2H3/b17-12-/t18-,19+,23-,25-/m1/s1. The molecule has 5 rings (SSSR count). The summed E-state index contributed by atoms with van der Waals surface area (Å²) in [6.07, 6.45) is 3.19. The zero-order valence-electron chi connectivity index (χ0n) is 21.5. The van der Waals surface area contributed by atoms with Crippen molar-refractivity contribution in [1.29, 1.82) is 0 Å². The van der Waals surface area contributed by atoms with Crippen LogP contribution < -0.4 is 0 Å². The number of phenols is 1. The summed E-state index contributed by atoms with van der Waals surface area (Å²) in [4.78, 5) is 43.4. The molecule has 2 N–H and O–H groups in total. The molecule has 3 amide bonds. The lowest BCUT2D eigenvalue weighted by atomic mass is 9.58. The Kier molecular flexibility index (Phi) is 7.37. The summed E-state index contributed by atoms with van der Waals surface area (Å²) in [6.45, 7) is 1.89. The Morgan fingerprint density at radius 2 is 2.05 bits per heavy atom. The van der Waals surface area contributed by atoms with Gasteiger partial charge in [0.2, 0.25) is 11.8 Å². The minimum absolute atomic E-state index is 0.133. The van der Waals surface area contributed by atoms with Crippen molar-refractivity contribution in [2.45, 2.75) is 38.6 Å². The zero-order valence-corrected chi connectivity index (χ0v) is 21.5. The number of carbonyl (C=O) groups is 3. The Bertz CT molecular complexity index is 1380. The number of pyridine rings is 1. The fourth-order valence-electron chi connectivity index (χ4n) is 6.12. The molecule has 0 radical (unpaired) electrons. The van der Waals surface area contributed by atoms with Crippen molar-refractivity contribution in [2.75, 3.05) is 7.11 Å². The largest absolute Gasteiger partial charge is 0.505 e. The summed E-state index contributed by atoms with van der Waals surface area (Å²) in [5.41, 5.74) is 3.78. The van der Waals surface area contributed by atoms with Crippen LogP contribution in [0.5, 0.6) is 5.75 Å². The van der Waals surface area contributed by atoms with Crippen molar-refractivity contribution in [2.24, 2.45) is 17.8 Å². The Morgan fingerprint density at radius 3 is 2.74 bits per heavy atom. The molecule has 3 aliphatic rings. The van der Waals surface area contributed by atoms with Crippen molar-refractivity contribution < 1.29 is 38.3 Å². The van der Waals surface area contributed by atoms with E-state index < -0.39 is 60.5 Å². The van der Waals surface area contributed by atoms with E-state index in [4.69, 9.17) is 4.65 Å². The van der Waals surface area contributed by atoms with Gasteiger partial charge >= 0.3 is 13.2 Å². The molecule has 2 saturated heterocycles. The molecule has 202 valence electrons. The van der Waals surface area contributed by atoms with E-state index in [1.165, 1.54) is 12.1 Å². The number of carbonyl (C=O) groups excluding carboxylic acids is 3. The summed E-state index contributed by atoms with van der Waals surface area (Å²) in [5.74, 6) is -4.29. The van der Waals surface area contributed by atoms with Gasteiger partial charge in [0, 0.05) is 6.20 Å². The molecule has 0 unspecified atom stereocenters. The maximum absolute atomic E-state index is 14.0. The van der Waals surface area contributed by atoms with Crippen molar-refractivity contribution in [3.05, 3.63) is 70.8 Å². The highest BCUT2D eigenvalue weighted by atomic mass is 19.1. The molecule has 3 heterocycles. The van der Waals surface area contributed by atoms with Crippen LogP contribution in [0.2, 0.25) is 6.32 Å². The molecule has 1 aromatic carbocycles. The van der Waals surface area contributed by atoms with Crippen molar-refractivity contribution >= 4 is 36.7 Å². The fraction of sp³-hybridized carbons (Fsp3) is 0.357. The molecule has 2 fully saturated rings. The molecule has 11 heteroatoms. The van der Waals surface area contributed by atoms with E-state index in [-0.39, 0.29) is 6.32 Å². The van der Waals surface area contributed by atoms with Gasteiger partial charge in [-0.1, -0.05) is 17.7 Å². The van der Waals surface area contributed by atoms with Crippen LogP contribution in [0.25, 0.3) is 11.6 Å². The van der Waals surface area contributed by atoms with E-state index in [9.17, 15) is 28.9 Å². The third-order valence-corrected chi connectivity index (χ3v) is 7.79. The Labute approximate surface area is 225 Å². The second kappa shape index (κ2) is 10.7. The number of phenolic OH excluding ortho intramolecular Hbond substituents is 1. The number of rotatable bonds is 5. The second-order valence-corrected chi connectivity index (χ2v) is 10.1. The van der Waals surface area contributed by atoms with E-state index >= 15 is 0 Å². The third kappa shape index (κ3) is 4.99. The smallest absolute Gasteiger partial charge is 0.455 e. The lowest BCUT2D eigenvalue weighted by molar-refractivity contribution is -0.137. The Hall–Kier alpha value is -3.83. The monoisotopic (exact) mass is 534 g/mol. The van der Waals surface area contributed by atoms with Gasteiger partial charge in [-0.25, -0.2) is 9.18 Å². The first-order valence-corrected chi connectivity index (χ1v) is 12.8. The summed E-state index contributed by atoms with van der Waals surface area (Å²) in [5, 5.41) is 20.2. The number of benzene rings is 1. The number of nitrogens with zero attached hydrogens (tertiary/aromatic N) is 2. The Balaban J connectivity index is 1.44. The summed E-state index contributed by atoms with van der Waals surface area (Å²) in [6, 6.07) is 9.58. The number of fused-ring (bicyclic) bond motifs is 3. The van der Waals surface area contributed by atoms with Crippen LogP contribution >= 0.6 is 0 Å². The summed E-state index contributed by atoms with van der Waals surface area (Å²) < 4.78 is 24.6. The highest BCUT2D eigenvalue weighted by molar-refractivity contribution is 6.43. The molecular formula is C28H28BFN2O7. The molecule has 0 bridgehead atoms. The zero-order chi connectivity index (χ0) is 27.8. The summed E-state index contributed by atoms with van der Waals surface area (Å²) >= 11 is 0. The maximum Gasteiger partial charge on any atom is 0.455 e. The number of aromatic hydroxyl groups is 1. The number of likely N-dealkylation sites (tertiary alicyclic amines) is 1. The predicted octanol–water partition coefficient (Wildman–Crippen LogP) is 3.83. The van der Waals surface area contributed by atoms with Crippen LogP contribution in [-0.4, -0.2) is 58.3 Å². The molecular weight excluding hydrogens is 506 g/mol. The Morgan fingerprint density at radius 1 is 1.26 bits per heavy atom. The number of hydrogen-bond acceptors (Lipinski definition) is 8. The molecule has 1 aliphatic carbocycles. The van der Waals surface area contributed by atoms with Crippen molar-refractivity contribution in [1.82, 2.24) is 9.88 Å². The number of methoxy groups -OCH3 is 1. The quantitative estimate of drug-likeness (QED) is 0.337. The van der Waals surface area contributed by atoms with Crippen molar-refractivity contribution in [3.8, 4) is 5.75 Å². The number of allylic oxidation sites excluding steroid dienone is 2. The van der Waals surface area contributed by atoms with E-state index in [2.05, 4.69) is 9.72 Å². The summed E-state index contributed by atoms with van der Waals surface area (Å²) in [7, 11) is -0.0355. The molecule has 0 saturated carbocycles. The topological polar surface area (TPSA) is 126 Å². The highest BCUT2D eigenvalue weighted by Crippen LogP contribution is 2.50. The lowest BCUT2D eigenvalue weighted by Gasteiger charge is -2.42. The van der Waals surface area contributed by atoms with Crippen LogP contribution in [0.15, 0.2) is 53.7 Å². The van der Waals surface area contributed by atoms with Gasteiger partial charge < -0.3 is 19.5 Å². The van der Waals surface area contributed by atoms with Gasteiger partial charge in [0.05, 0.1) is 30.7 Å². The van der Waals surface area contributed by atoms with Gasteiger partial charge in [-0.05, 0) is 85.5 Å². The van der Waals surface area contributed by atoms with Crippen LogP contribution in [0.1, 0.15) is 37.4 Å². The first-order valence-electron chi connectivity index (χ1n) is 12.8. The molecule has 2 aromatic rings. The van der Waals surface area contributed by atoms with E-state index in [1.54, 1.807) is 24.4 Å². The molecule has 4 atom stereocenters. The minimum Gasteiger partial charge on any atom is -0.505 e. The van der Waals surface area contributed by atoms with Crippen LogP contribution in [0, 0.1) is 23.6 Å². The number of aromatic nitrogens is 1. The number of amides is 3. The first kappa shape index (κ1) is 26.8. The SMILES string of the molecule is COC(=O)N1C(=O)[C@@H]2[C@@H](CC(C)=C3[C@@H](CC/C(=C/c4ccc(O)c(F)c4)c4ccccn4)OB(O)C[C@@H]32)C1=O. The average molecular weight is 534 g/mol. The number of hydrogen-bond donors (Lipinski definition) is 2. The molecule has 1 aromatic heterocycles. The van der Waals surface area contributed by atoms with Crippen molar-refractivity contribution in [3.63, 3.8) is 0 Å². The van der Waals surface area contributed by atoms with E-state index in [1.807, 2.05) is 19.1 Å². The van der Waals surface area contributed by atoms with Gasteiger partial charge in [-0.15, -0.1) is 0 Å². The third-order valence-electron chi connectivity index (χ3n) is 7.79. The lowest BCUT2D eigenvalue weighted by Crippen LogP contribution is -2.46. The molecule has 39 heavy (non-hydrogen) atoms. The van der Waals surface area contributed by atoms with Gasteiger partial charge in [-0.3, -0.25) is 14.6 Å². The number of imide groups is 3.